The third-order valence-corrected chi connectivity index (χ3v) is 4.40. The number of benzene rings is 2. The molecule has 0 saturated heterocycles. The molecule has 0 heterocycles. The fourth-order valence-electron chi connectivity index (χ4n) is 2.19. The van der Waals surface area contributed by atoms with E-state index >= 15 is 0 Å². The van der Waals surface area contributed by atoms with Crippen LogP contribution in [-0.2, 0) is 0 Å². The van der Waals surface area contributed by atoms with Crippen LogP contribution in [0.5, 0.6) is 0 Å². The summed E-state index contributed by atoms with van der Waals surface area (Å²) in [6, 6.07) is 15.2. The number of nitrogens with one attached hydrogen (secondary N) is 1. The SMILES string of the molecule is CN(C)CC(NC(=O)c1cc(Cl)ccc1I)c1ccccc1. The van der Waals surface area contributed by atoms with Crippen LogP contribution in [0.3, 0.4) is 0 Å². The zero-order valence-electron chi connectivity index (χ0n) is 12.5. The van der Waals surface area contributed by atoms with Gasteiger partial charge in [0.1, 0.15) is 0 Å². The van der Waals surface area contributed by atoms with Crippen LogP contribution in [0.25, 0.3) is 0 Å². The summed E-state index contributed by atoms with van der Waals surface area (Å²) in [5, 5.41) is 3.67. The zero-order chi connectivity index (χ0) is 16.1. The van der Waals surface area contributed by atoms with E-state index in [0.717, 1.165) is 15.7 Å². The molecule has 0 aliphatic heterocycles. The first-order chi connectivity index (χ1) is 10.5. The molecule has 0 saturated carbocycles. The van der Waals surface area contributed by atoms with Crippen LogP contribution in [0.4, 0.5) is 0 Å². The summed E-state index contributed by atoms with van der Waals surface area (Å²) in [6.45, 7) is 0.729. The lowest BCUT2D eigenvalue weighted by Gasteiger charge is -2.23. The summed E-state index contributed by atoms with van der Waals surface area (Å²) in [5.74, 6) is -0.109. The van der Waals surface area contributed by atoms with Gasteiger partial charge in [0.25, 0.3) is 5.91 Å². The van der Waals surface area contributed by atoms with Gasteiger partial charge in [-0.1, -0.05) is 41.9 Å². The van der Waals surface area contributed by atoms with Crippen molar-refractivity contribution in [2.75, 3.05) is 20.6 Å². The lowest BCUT2D eigenvalue weighted by molar-refractivity contribution is 0.0929. The molecule has 2 rings (SSSR count). The second-order valence-corrected chi connectivity index (χ2v) is 6.92. The first-order valence-electron chi connectivity index (χ1n) is 6.93. The summed E-state index contributed by atoms with van der Waals surface area (Å²) < 4.78 is 0.885. The Balaban J connectivity index is 2.23. The minimum atomic E-state index is -0.109. The third-order valence-electron chi connectivity index (χ3n) is 3.23. The second kappa shape index (κ2) is 7.94. The Kier molecular flexibility index (Phi) is 6.23. The Bertz CT molecular complexity index is 646. The van der Waals surface area contributed by atoms with Gasteiger partial charge >= 0.3 is 0 Å². The summed E-state index contributed by atoms with van der Waals surface area (Å²) in [5.41, 5.74) is 1.69. The highest BCUT2D eigenvalue weighted by Gasteiger charge is 2.18. The minimum absolute atomic E-state index is 0.0709. The van der Waals surface area contributed by atoms with Gasteiger partial charge in [0.05, 0.1) is 11.6 Å². The van der Waals surface area contributed by atoms with Crippen molar-refractivity contribution in [3.63, 3.8) is 0 Å². The van der Waals surface area contributed by atoms with Crippen molar-refractivity contribution in [3.05, 3.63) is 68.3 Å². The Hall–Kier alpha value is -1.11. The van der Waals surface area contributed by atoms with E-state index in [1.165, 1.54) is 0 Å². The molecule has 1 unspecified atom stereocenters. The summed E-state index contributed by atoms with van der Waals surface area (Å²) >= 11 is 8.16. The molecule has 5 heteroatoms. The lowest BCUT2D eigenvalue weighted by Crippen LogP contribution is -2.35. The molecule has 0 aliphatic carbocycles. The normalized spacial score (nSPS) is 12.2. The van der Waals surface area contributed by atoms with Gasteiger partial charge in [-0.3, -0.25) is 4.79 Å². The Morgan fingerprint density at radius 3 is 2.55 bits per heavy atom. The smallest absolute Gasteiger partial charge is 0.252 e. The molecule has 0 spiro atoms. The van der Waals surface area contributed by atoms with Crippen LogP contribution in [0, 0.1) is 3.57 Å². The van der Waals surface area contributed by atoms with Gasteiger partial charge in [-0.15, -0.1) is 0 Å². The first-order valence-corrected chi connectivity index (χ1v) is 8.38. The average molecular weight is 429 g/mol. The van der Waals surface area contributed by atoms with Gasteiger partial charge in [0.2, 0.25) is 0 Å². The molecular formula is C17H18ClIN2O. The monoisotopic (exact) mass is 428 g/mol. The number of likely N-dealkylation sites (N-methyl/N-ethyl adjacent to an activating group) is 1. The number of hydrogen-bond acceptors (Lipinski definition) is 2. The molecule has 0 fully saturated rings. The fourth-order valence-corrected chi connectivity index (χ4v) is 2.94. The maximum absolute atomic E-state index is 12.6. The van der Waals surface area contributed by atoms with Crippen LogP contribution < -0.4 is 5.32 Å². The van der Waals surface area contributed by atoms with Crippen molar-refractivity contribution < 1.29 is 4.79 Å². The molecule has 116 valence electrons. The van der Waals surface area contributed by atoms with Crippen LogP contribution in [0.15, 0.2) is 48.5 Å². The fraction of sp³-hybridized carbons (Fsp3) is 0.235. The van der Waals surface area contributed by atoms with Crippen molar-refractivity contribution in [2.45, 2.75) is 6.04 Å². The van der Waals surface area contributed by atoms with E-state index in [0.29, 0.717) is 10.6 Å². The van der Waals surface area contributed by atoms with E-state index in [2.05, 4.69) is 32.8 Å². The Morgan fingerprint density at radius 1 is 1.23 bits per heavy atom. The maximum Gasteiger partial charge on any atom is 0.252 e. The summed E-state index contributed by atoms with van der Waals surface area (Å²) in [7, 11) is 3.98. The van der Waals surface area contributed by atoms with Crippen molar-refractivity contribution in [2.24, 2.45) is 0 Å². The maximum atomic E-state index is 12.6. The van der Waals surface area contributed by atoms with Crippen molar-refractivity contribution in [3.8, 4) is 0 Å². The van der Waals surface area contributed by atoms with Gasteiger partial charge in [0.15, 0.2) is 0 Å². The van der Waals surface area contributed by atoms with Gasteiger partial charge in [-0.25, -0.2) is 0 Å². The predicted molar refractivity (Wildman–Crippen MR) is 99.4 cm³/mol. The predicted octanol–water partition coefficient (Wildman–Crippen LogP) is 3.98. The van der Waals surface area contributed by atoms with E-state index < -0.39 is 0 Å². The quantitative estimate of drug-likeness (QED) is 0.731. The summed E-state index contributed by atoms with van der Waals surface area (Å²) in [4.78, 5) is 14.6. The van der Waals surface area contributed by atoms with E-state index in [1.54, 1.807) is 12.1 Å². The molecule has 0 bridgehead atoms. The standard InChI is InChI=1S/C17H18ClIN2O/c1-21(2)11-16(12-6-4-3-5-7-12)20-17(22)14-10-13(18)8-9-15(14)19/h3-10,16H,11H2,1-2H3,(H,20,22). The molecule has 22 heavy (non-hydrogen) atoms. The molecule has 1 atom stereocenters. The largest absolute Gasteiger partial charge is 0.344 e. The topological polar surface area (TPSA) is 32.3 Å². The lowest BCUT2D eigenvalue weighted by atomic mass is 10.1. The van der Waals surface area contributed by atoms with Crippen LogP contribution in [0.2, 0.25) is 5.02 Å². The van der Waals surface area contributed by atoms with E-state index in [4.69, 9.17) is 11.6 Å². The van der Waals surface area contributed by atoms with Gasteiger partial charge in [0, 0.05) is 15.1 Å². The molecule has 0 radical (unpaired) electrons. The molecule has 2 aromatic carbocycles. The number of nitrogens with zero attached hydrogens (tertiary/aromatic N) is 1. The highest BCUT2D eigenvalue weighted by atomic mass is 127. The molecular weight excluding hydrogens is 411 g/mol. The Morgan fingerprint density at radius 2 is 1.91 bits per heavy atom. The number of amides is 1. The molecule has 3 nitrogen and oxygen atoms in total. The van der Waals surface area contributed by atoms with E-state index in [-0.39, 0.29) is 11.9 Å². The first kappa shape index (κ1) is 17.2. The van der Waals surface area contributed by atoms with Gasteiger partial charge < -0.3 is 10.2 Å². The number of rotatable bonds is 5. The van der Waals surface area contributed by atoms with Crippen molar-refractivity contribution in [1.82, 2.24) is 10.2 Å². The van der Waals surface area contributed by atoms with Crippen molar-refractivity contribution >= 4 is 40.1 Å². The number of carbonyl (C=O) groups excluding carboxylic acids is 1. The highest BCUT2D eigenvalue weighted by Crippen LogP contribution is 2.20. The number of carbonyl (C=O) groups is 1. The number of hydrogen-bond donors (Lipinski definition) is 1. The van der Waals surface area contributed by atoms with E-state index in [1.807, 2.05) is 50.5 Å². The van der Waals surface area contributed by atoms with Gasteiger partial charge in [-0.05, 0) is 60.4 Å². The summed E-state index contributed by atoms with van der Waals surface area (Å²) in [6.07, 6.45) is 0. The molecule has 1 N–H and O–H groups in total. The number of halogens is 2. The molecule has 0 aliphatic rings. The van der Waals surface area contributed by atoms with Crippen LogP contribution >= 0.6 is 34.2 Å². The third kappa shape index (κ3) is 4.69. The molecule has 1 amide bonds. The van der Waals surface area contributed by atoms with Crippen molar-refractivity contribution in [1.29, 1.82) is 0 Å². The van der Waals surface area contributed by atoms with Crippen LogP contribution in [0.1, 0.15) is 22.0 Å². The average Bonchev–Trinajstić information content (AvgIpc) is 2.49. The molecule has 0 aromatic heterocycles. The van der Waals surface area contributed by atoms with Crippen LogP contribution in [-0.4, -0.2) is 31.4 Å². The van der Waals surface area contributed by atoms with E-state index in [9.17, 15) is 4.79 Å². The molecule has 2 aromatic rings. The zero-order valence-corrected chi connectivity index (χ0v) is 15.4. The Labute approximate surface area is 149 Å². The minimum Gasteiger partial charge on any atom is -0.344 e. The van der Waals surface area contributed by atoms with Gasteiger partial charge in [-0.2, -0.15) is 0 Å². The highest BCUT2D eigenvalue weighted by molar-refractivity contribution is 14.1. The second-order valence-electron chi connectivity index (χ2n) is 5.32.